The highest BCUT2D eigenvalue weighted by Gasteiger charge is 2.33. The predicted octanol–water partition coefficient (Wildman–Crippen LogP) is 3.94. The van der Waals surface area contributed by atoms with Gasteiger partial charge in [0.1, 0.15) is 0 Å². The van der Waals surface area contributed by atoms with Crippen LogP contribution in [0.15, 0.2) is 18.2 Å². The lowest BCUT2D eigenvalue weighted by atomic mass is 10.1. The quantitative estimate of drug-likeness (QED) is 0.852. The first kappa shape index (κ1) is 15.1. The average molecular weight is 282 g/mol. The van der Waals surface area contributed by atoms with Gasteiger partial charge in [-0.25, -0.2) is 0 Å². The molecule has 104 valence electrons. The van der Waals surface area contributed by atoms with E-state index in [-0.39, 0.29) is 5.69 Å². The Morgan fingerprint density at radius 2 is 1.74 bits per heavy atom. The lowest BCUT2D eigenvalue weighted by molar-refractivity contribution is -0.137. The van der Waals surface area contributed by atoms with Crippen molar-refractivity contribution in [3.8, 4) is 6.07 Å². The van der Waals surface area contributed by atoms with Crippen molar-refractivity contribution in [3.05, 3.63) is 29.3 Å². The highest BCUT2D eigenvalue weighted by atomic mass is 19.4. The number of rotatable bonds is 3. The molecule has 0 bridgehead atoms. The van der Waals surface area contributed by atoms with Gasteiger partial charge in [0.25, 0.3) is 0 Å². The van der Waals surface area contributed by atoms with Crippen molar-refractivity contribution < 1.29 is 26.3 Å². The van der Waals surface area contributed by atoms with E-state index in [9.17, 15) is 26.3 Å². The lowest BCUT2D eigenvalue weighted by Crippen LogP contribution is -2.15. The Balaban J connectivity index is 2.82. The third-order valence-electron chi connectivity index (χ3n) is 2.18. The molecular weight excluding hydrogens is 274 g/mol. The first-order chi connectivity index (χ1) is 8.63. The van der Waals surface area contributed by atoms with Crippen LogP contribution in [0.25, 0.3) is 0 Å². The molecular formula is C11H8F6N2. The molecule has 0 spiro atoms. The number of nitrogens with zero attached hydrogens (tertiary/aromatic N) is 1. The van der Waals surface area contributed by atoms with Crippen LogP contribution in [-0.2, 0) is 6.18 Å². The van der Waals surface area contributed by atoms with E-state index in [0.29, 0.717) is 6.07 Å². The Morgan fingerprint density at radius 1 is 1.11 bits per heavy atom. The molecule has 0 aliphatic carbocycles. The van der Waals surface area contributed by atoms with Gasteiger partial charge in [-0.1, -0.05) is 0 Å². The van der Waals surface area contributed by atoms with Gasteiger partial charge in [0.15, 0.2) is 0 Å². The van der Waals surface area contributed by atoms with Crippen molar-refractivity contribution >= 4 is 5.69 Å². The second-order valence-corrected chi connectivity index (χ2v) is 3.66. The maximum atomic E-state index is 12.5. The average Bonchev–Trinajstić information content (AvgIpc) is 2.25. The zero-order chi connectivity index (χ0) is 14.7. The summed E-state index contributed by atoms with van der Waals surface area (Å²) in [6, 6.07) is 3.89. The molecule has 0 aliphatic rings. The third kappa shape index (κ3) is 4.69. The van der Waals surface area contributed by atoms with Gasteiger partial charge in [-0.2, -0.15) is 31.6 Å². The first-order valence-electron chi connectivity index (χ1n) is 5.05. The van der Waals surface area contributed by atoms with Gasteiger partial charge < -0.3 is 5.32 Å². The number of hydrogen-bond acceptors (Lipinski definition) is 2. The molecule has 19 heavy (non-hydrogen) atoms. The third-order valence-corrected chi connectivity index (χ3v) is 2.18. The van der Waals surface area contributed by atoms with E-state index >= 15 is 0 Å². The van der Waals surface area contributed by atoms with E-state index < -0.39 is 36.4 Å². The van der Waals surface area contributed by atoms with E-state index in [1.807, 2.05) is 0 Å². The second kappa shape index (κ2) is 5.38. The van der Waals surface area contributed by atoms with Crippen LogP contribution in [0.3, 0.4) is 0 Å². The summed E-state index contributed by atoms with van der Waals surface area (Å²) in [4.78, 5) is 0. The van der Waals surface area contributed by atoms with Crippen LogP contribution < -0.4 is 5.32 Å². The van der Waals surface area contributed by atoms with Gasteiger partial charge >= 0.3 is 12.4 Å². The number of anilines is 1. The molecule has 0 saturated heterocycles. The highest BCUT2D eigenvalue weighted by Crippen LogP contribution is 2.33. The fraction of sp³-hybridized carbons (Fsp3) is 0.364. The highest BCUT2D eigenvalue weighted by molar-refractivity contribution is 5.53. The van der Waals surface area contributed by atoms with Crippen LogP contribution in [0.5, 0.6) is 0 Å². The summed E-state index contributed by atoms with van der Waals surface area (Å²) in [5.41, 5.74) is -1.71. The van der Waals surface area contributed by atoms with Crippen LogP contribution in [-0.4, -0.2) is 12.7 Å². The molecule has 0 fully saturated rings. The van der Waals surface area contributed by atoms with E-state index in [0.717, 1.165) is 12.1 Å². The Kier molecular flexibility index (Phi) is 4.29. The molecule has 0 radical (unpaired) electrons. The topological polar surface area (TPSA) is 35.8 Å². The Hall–Kier alpha value is -1.91. The summed E-state index contributed by atoms with van der Waals surface area (Å²) in [5, 5.41) is 10.9. The number of hydrogen-bond donors (Lipinski definition) is 1. The minimum Gasteiger partial charge on any atom is -0.385 e. The molecule has 1 N–H and O–H groups in total. The maximum Gasteiger partial charge on any atom is 0.417 e. The first-order valence-corrected chi connectivity index (χ1v) is 5.05. The summed E-state index contributed by atoms with van der Waals surface area (Å²) < 4.78 is 73.0. The molecule has 0 amide bonds. The van der Waals surface area contributed by atoms with Crippen molar-refractivity contribution in [3.63, 3.8) is 0 Å². The fourth-order valence-corrected chi connectivity index (χ4v) is 1.34. The summed E-state index contributed by atoms with van der Waals surface area (Å²) >= 11 is 0. The van der Waals surface area contributed by atoms with Gasteiger partial charge in [-0.15, -0.1) is 0 Å². The number of alkyl halides is 6. The van der Waals surface area contributed by atoms with E-state index in [2.05, 4.69) is 5.32 Å². The maximum absolute atomic E-state index is 12.5. The molecule has 0 heterocycles. The number of nitriles is 1. The SMILES string of the molecule is N#Cc1cc(NCCC(F)(F)F)ccc1C(F)(F)F. The molecule has 1 aromatic carbocycles. The molecule has 1 aromatic rings. The molecule has 0 atom stereocenters. The van der Waals surface area contributed by atoms with Crippen LogP contribution in [0.2, 0.25) is 0 Å². The molecule has 0 aromatic heterocycles. The number of halogens is 6. The molecule has 8 heteroatoms. The van der Waals surface area contributed by atoms with Crippen LogP contribution in [0.4, 0.5) is 32.0 Å². The minimum absolute atomic E-state index is 0.0359. The Morgan fingerprint density at radius 3 is 2.21 bits per heavy atom. The van der Waals surface area contributed by atoms with Crippen molar-refractivity contribution in [2.24, 2.45) is 0 Å². The van der Waals surface area contributed by atoms with Crippen molar-refractivity contribution in [2.45, 2.75) is 18.8 Å². The van der Waals surface area contributed by atoms with Crippen LogP contribution in [0.1, 0.15) is 17.5 Å². The summed E-state index contributed by atoms with van der Waals surface area (Å²) in [7, 11) is 0. The monoisotopic (exact) mass is 282 g/mol. The minimum atomic E-state index is -4.67. The zero-order valence-corrected chi connectivity index (χ0v) is 9.36. The van der Waals surface area contributed by atoms with E-state index in [4.69, 9.17) is 5.26 Å². The second-order valence-electron chi connectivity index (χ2n) is 3.66. The molecule has 2 nitrogen and oxygen atoms in total. The summed E-state index contributed by atoms with van der Waals surface area (Å²) in [5.74, 6) is 0. The van der Waals surface area contributed by atoms with Gasteiger partial charge in [-0.05, 0) is 18.2 Å². The lowest BCUT2D eigenvalue weighted by Gasteiger charge is -2.12. The molecule has 0 aliphatic heterocycles. The van der Waals surface area contributed by atoms with Crippen molar-refractivity contribution in [1.82, 2.24) is 0 Å². The van der Waals surface area contributed by atoms with E-state index in [1.165, 1.54) is 6.07 Å². The Bertz CT molecular complexity index is 483. The molecule has 1 rings (SSSR count). The van der Waals surface area contributed by atoms with Crippen molar-refractivity contribution in [1.29, 1.82) is 5.26 Å². The smallest absolute Gasteiger partial charge is 0.385 e. The largest absolute Gasteiger partial charge is 0.417 e. The molecule has 0 saturated carbocycles. The van der Waals surface area contributed by atoms with Crippen LogP contribution >= 0.6 is 0 Å². The predicted molar refractivity (Wildman–Crippen MR) is 55.3 cm³/mol. The fourth-order valence-electron chi connectivity index (χ4n) is 1.34. The summed E-state index contributed by atoms with van der Waals surface area (Å²) in [6.07, 6.45) is -10.1. The van der Waals surface area contributed by atoms with Gasteiger partial charge in [0, 0.05) is 12.2 Å². The summed E-state index contributed by atoms with van der Waals surface area (Å²) in [6.45, 7) is -0.472. The van der Waals surface area contributed by atoms with Gasteiger partial charge in [0.2, 0.25) is 0 Å². The van der Waals surface area contributed by atoms with Crippen LogP contribution in [0, 0.1) is 11.3 Å². The zero-order valence-electron chi connectivity index (χ0n) is 9.36. The normalized spacial score (nSPS) is 12.1. The standard InChI is InChI=1S/C11H8F6N2/c12-10(13,14)3-4-19-8-1-2-9(11(15,16)17)7(5-8)6-18/h1-2,5,19H,3-4H2. The molecule has 0 unspecified atom stereocenters. The Labute approximate surface area is 104 Å². The number of benzene rings is 1. The van der Waals surface area contributed by atoms with Gasteiger partial charge in [-0.3, -0.25) is 0 Å². The number of nitrogens with one attached hydrogen (secondary N) is 1. The van der Waals surface area contributed by atoms with Crippen molar-refractivity contribution in [2.75, 3.05) is 11.9 Å². The van der Waals surface area contributed by atoms with E-state index in [1.54, 1.807) is 0 Å². The van der Waals surface area contributed by atoms with Gasteiger partial charge in [0.05, 0.1) is 23.6 Å².